The first-order chi connectivity index (χ1) is 11.2. The summed E-state index contributed by atoms with van der Waals surface area (Å²) in [5.41, 5.74) is 5.14. The van der Waals surface area contributed by atoms with Crippen LogP contribution in [0.15, 0.2) is 52.9 Å². The molecule has 0 aliphatic carbocycles. The van der Waals surface area contributed by atoms with Crippen LogP contribution in [0, 0.1) is 13.8 Å². The van der Waals surface area contributed by atoms with Crippen molar-refractivity contribution in [1.29, 1.82) is 0 Å². The van der Waals surface area contributed by atoms with Gasteiger partial charge in [-0.15, -0.1) is 10.2 Å². The summed E-state index contributed by atoms with van der Waals surface area (Å²) in [4.78, 5) is 0. The minimum absolute atomic E-state index is 0.777. The molecule has 1 aromatic heterocycles. The Labute approximate surface area is 145 Å². The zero-order valence-electron chi connectivity index (χ0n) is 13.2. The van der Waals surface area contributed by atoms with Gasteiger partial charge in [-0.2, -0.15) is 0 Å². The Morgan fingerprint density at radius 1 is 0.957 bits per heavy atom. The lowest BCUT2D eigenvalue weighted by molar-refractivity contribution is 0.994. The predicted molar refractivity (Wildman–Crippen MR) is 99.2 cm³/mol. The number of aromatic nitrogens is 2. The standard InChI is InChI=1S/C18H19N3S2/c1-13-5-3-7-15(9-13)11-19-17-20-21-18(23-17)22-12-16-8-4-6-14(2)10-16/h3-10H,11-12H2,1-2H3,(H,19,20). The van der Waals surface area contributed by atoms with E-state index in [2.05, 4.69) is 77.9 Å². The van der Waals surface area contributed by atoms with Crippen LogP contribution in [0.3, 0.4) is 0 Å². The van der Waals surface area contributed by atoms with Gasteiger partial charge in [-0.1, -0.05) is 82.8 Å². The number of hydrogen-bond acceptors (Lipinski definition) is 5. The molecule has 0 atom stereocenters. The van der Waals surface area contributed by atoms with Crippen molar-refractivity contribution >= 4 is 28.2 Å². The fraction of sp³-hybridized carbons (Fsp3) is 0.222. The zero-order valence-corrected chi connectivity index (χ0v) is 14.9. The molecule has 0 saturated carbocycles. The fourth-order valence-electron chi connectivity index (χ4n) is 2.29. The molecule has 0 amide bonds. The van der Waals surface area contributed by atoms with Crippen LogP contribution < -0.4 is 5.32 Å². The van der Waals surface area contributed by atoms with E-state index >= 15 is 0 Å². The first kappa shape index (κ1) is 16.0. The highest BCUT2D eigenvalue weighted by molar-refractivity contribution is 8.00. The maximum atomic E-state index is 4.25. The predicted octanol–water partition coefficient (Wildman–Crippen LogP) is 5.06. The van der Waals surface area contributed by atoms with Crippen LogP contribution in [-0.2, 0) is 12.3 Å². The summed E-state index contributed by atoms with van der Waals surface area (Å²) in [6.45, 7) is 5.00. The molecule has 0 spiro atoms. The average Bonchev–Trinajstić information content (AvgIpc) is 2.99. The van der Waals surface area contributed by atoms with Gasteiger partial charge in [0.1, 0.15) is 0 Å². The van der Waals surface area contributed by atoms with Crippen LogP contribution >= 0.6 is 23.1 Å². The molecule has 0 unspecified atom stereocenters. The lowest BCUT2D eigenvalue weighted by atomic mass is 10.1. The number of hydrogen-bond donors (Lipinski definition) is 1. The molecule has 0 aliphatic heterocycles. The molecule has 3 aromatic rings. The van der Waals surface area contributed by atoms with Gasteiger partial charge in [-0.05, 0) is 25.0 Å². The topological polar surface area (TPSA) is 37.8 Å². The maximum Gasteiger partial charge on any atom is 0.206 e. The van der Waals surface area contributed by atoms with Crippen LogP contribution in [0.1, 0.15) is 22.3 Å². The van der Waals surface area contributed by atoms with Crippen LogP contribution in [0.2, 0.25) is 0 Å². The second kappa shape index (κ2) is 7.62. The second-order valence-electron chi connectivity index (χ2n) is 5.49. The molecule has 3 rings (SSSR count). The highest BCUT2D eigenvalue weighted by Crippen LogP contribution is 2.28. The fourth-order valence-corrected chi connectivity index (χ4v) is 3.98. The number of benzene rings is 2. The number of thioether (sulfide) groups is 1. The minimum atomic E-state index is 0.777. The number of aryl methyl sites for hydroxylation is 2. The van der Waals surface area contributed by atoms with Gasteiger partial charge in [0.05, 0.1) is 0 Å². The summed E-state index contributed by atoms with van der Waals surface area (Å²) in [5, 5.41) is 12.7. The smallest absolute Gasteiger partial charge is 0.206 e. The number of anilines is 1. The van der Waals surface area contributed by atoms with Crippen molar-refractivity contribution < 1.29 is 0 Å². The Balaban J connectivity index is 1.53. The molecule has 0 bridgehead atoms. The third-order valence-corrected chi connectivity index (χ3v) is 5.46. The monoisotopic (exact) mass is 341 g/mol. The van der Waals surface area contributed by atoms with Crippen molar-refractivity contribution in [3.63, 3.8) is 0 Å². The van der Waals surface area contributed by atoms with Gasteiger partial charge in [0.2, 0.25) is 5.13 Å². The molecule has 0 saturated heterocycles. The summed E-state index contributed by atoms with van der Waals surface area (Å²) in [7, 11) is 0. The third-order valence-electron chi connectivity index (χ3n) is 3.38. The molecule has 3 nitrogen and oxygen atoms in total. The van der Waals surface area contributed by atoms with E-state index in [0.29, 0.717) is 0 Å². The lowest BCUT2D eigenvalue weighted by Gasteiger charge is -2.03. The molecule has 23 heavy (non-hydrogen) atoms. The highest BCUT2D eigenvalue weighted by Gasteiger charge is 2.05. The number of nitrogens with one attached hydrogen (secondary N) is 1. The quantitative estimate of drug-likeness (QED) is 0.636. The normalized spacial score (nSPS) is 10.7. The van der Waals surface area contributed by atoms with Gasteiger partial charge >= 0.3 is 0 Å². The van der Waals surface area contributed by atoms with E-state index in [1.165, 1.54) is 22.3 Å². The van der Waals surface area contributed by atoms with E-state index in [1.54, 1.807) is 23.1 Å². The van der Waals surface area contributed by atoms with E-state index in [0.717, 1.165) is 21.8 Å². The molecule has 0 fully saturated rings. The Kier molecular flexibility index (Phi) is 5.31. The van der Waals surface area contributed by atoms with E-state index in [1.807, 2.05) is 0 Å². The summed E-state index contributed by atoms with van der Waals surface area (Å²) in [6.07, 6.45) is 0. The Morgan fingerprint density at radius 3 is 2.39 bits per heavy atom. The van der Waals surface area contributed by atoms with Gasteiger partial charge in [0, 0.05) is 12.3 Å². The molecular formula is C18H19N3S2. The van der Waals surface area contributed by atoms with E-state index in [4.69, 9.17) is 0 Å². The van der Waals surface area contributed by atoms with Gasteiger partial charge in [0.15, 0.2) is 4.34 Å². The summed E-state index contributed by atoms with van der Waals surface area (Å²) >= 11 is 3.34. The van der Waals surface area contributed by atoms with Crippen molar-refractivity contribution in [2.45, 2.75) is 30.5 Å². The lowest BCUT2D eigenvalue weighted by Crippen LogP contribution is -1.98. The molecule has 0 aliphatic rings. The Bertz CT molecular complexity index is 719. The maximum absolute atomic E-state index is 4.25. The van der Waals surface area contributed by atoms with Crippen LogP contribution in [0.25, 0.3) is 0 Å². The van der Waals surface area contributed by atoms with Gasteiger partial charge in [-0.3, -0.25) is 0 Å². The van der Waals surface area contributed by atoms with Gasteiger partial charge < -0.3 is 5.32 Å². The van der Waals surface area contributed by atoms with Crippen LogP contribution in [-0.4, -0.2) is 10.2 Å². The van der Waals surface area contributed by atoms with Gasteiger partial charge in [0.25, 0.3) is 0 Å². The van der Waals surface area contributed by atoms with Crippen molar-refractivity contribution in [2.24, 2.45) is 0 Å². The highest BCUT2D eigenvalue weighted by atomic mass is 32.2. The first-order valence-electron chi connectivity index (χ1n) is 7.50. The van der Waals surface area contributed by atoms with Crippen LogP contribution in [0.5, 0.6) is 0 Å². The van der Waals surface area contributed by atoms with Crippen molar-refractivity contribution in [1.82, 2.24) is 10.2 Å². The largest absolute Gasteiger partial charge is 0.356 e. The van der Waals surface area contributed by atoms with Crippen molar-refractivity contribution in [2.75, 3.05) is 5.32 Å². The van der Waals surface area contributed by atoms with Crippen LogP contribution in [0.4, 0.5) is 5.13 Å². The zero-order chi connectivity index (χ0) is 16.1. The molecule has 0 radical (unpaired) electrons. The molecular weight excluding hydrogens is 322 g/mol. The van der Waals surface area contributed by atoms with E-state index in [9.17, 15) is 0 Å². The van der Waals surface area contributed by atoms with E-state index < -0.39 is 0 Å². The molecule has 1 N–H and O–H groups in total. The third kappa shape index (κ3) is 4.81. The van der Waals surface area contributed by atoms with E-state index in [-0.39, 0.29) is 0 Å². The summed E-state index contributed by atoms with van der Waals surface area (Å²) in [5.74, 6) is 0.925. The molecule has 2 aromatic carbocycles. The second-order valence-corrected chi connectivity index (χ2v) is 7.69. The van der Waals surface area contributed by atoms with Crippen molar-refractivity contribution in [3.8, 4) is 0 Å². The summed E-state index contributed by atoms with van der Waals surface area (Å²) in [6, 6.07) is 17.1. The Hall–Kier alpha value is -1.85. The Morgan fingerprint density at radius 2 is 1.65 bits per heavy atom. The molecule has 5 heteroatoms. The first-order valence-corrected chi connectivity index (χ1v) is 9.30. The molecule has 1 heterocycles. The number of rotatable bonds is 6. The minimum Gasteiger partial charge on any atom is -0.356 e. The summed E-state index contributed by atoms with van der Waals surface area (Å²) < 4.78 is 0.998. The molecule has 118 valence electrons. The average molecular weight is 342 g/mol. The SMILES string of the molecule is Cc1cccc(CNc2nnc(SCc3cccc(C)c3)s2)c1. The van der Waals surface area contributed by atoms with Crippen molar-refractivity contribution in [3.05, 3.63) is 70.8 Å². The number of nitrogens with zero attached hydrogens (tertiary/aromatic N) is 2. The van der Waals surface area contributed by atoms with Gasteiger partial charge in [-0.25, -0.2) is 0 Å².